The monoisotopic (exact) mass is 270 g/mol. The molecule has 2 aromatic heterocycles. The molecule has 0 saturated carbocycles. The number of aliphatic hydroxyl groups excluding tert-OH is 1. The van der Waals surface area contributed by atoms with E-state index in [1.807, 2.05) is 18.2 Å². The molecule has 0 saturated heterocycles. The Bertz CT molecular complexity index is 716. The van der Waals surface area contributed by atoms with Crippen molar-refractivity contribution in [2.24, 2.45) is 0 Å². The van der Waals surface area contributed by atoms with Gasteiger partial charge < -0.3 is 19.8 Å². The highest BCUT2D eigenvalue weighted by atomic mass is 16.3. The highest BCUT2D eigenvalue weighted by Gasteiger charge is 2.18. The normalized spacial score (nSPS) is 12.4. The molecule has 0 bridgehead atoms. The number of furan rings is 1. The average molecular weight is 270 g/mol. The zero-order valence-corrected chi connectivity index (χ0v) is 10.7. The summed E-state index contributed by atoms with van der Waals surface area (Å²) in [6.45, 7) is -0.220. The second-order valence-corrected chi connectivity index (χ2v) is 4.47. The van der Waals surface area contributed by atoms with Crippen molar-refractivity contribution in [1.29, 1.82) is 0 Å². The van der Waals surface area contributed by atoms with Gasteiger partial charge in [-0.1, -0.05) is 6.07 Å². The third-order valence-electron chi connectivity index (χ3n) is 3.21. The number of H-pyrrole nitrogens is 1. The number of nitrogens with one attached hydrogen (secondary N) is 2. The maximum absolute atomic E-state index is 12.3. The van der Waals surface area contributed by atoms with Crippen LogP contribution in [0, 0.1) is 0 Å². The molecule has 0 aliphatic rings. The van der Waals surface area contributed by atoms with Crippen LogP contribution < -0.4 is 5.32 Å². The fourth-order valence-corrected chi connectivity index (χ4v) is 2.22. The third-order valence-corrected chi connectivity index (χ3v) is 3.21. The SMILES string of the molecule is O=C(NC(CO)c1ccco1)c1cccc2[nH]ccc12. The van der Waals surface area contributed by atoms with Crippen LogP contribution in [0.2, 0.25) is 0 Å². The van der Waals surface area contributed by atoms with E-state index >= 15 is 0 Å². The van der Waals surface area contributed by atoms with Gasteiger partial charge in [0.05, 0.1) is 12.9 Å². The Hall–Kier alpha value is -2.53. The molecule has 1 amide bonds. The molecular formula is C15H14N2O3. The van der Waals surface area contributed by atoms with Gasteiger partial charge in [0.15, 0.2) is 0 Å². The lowest BCUT2D eigenvalue weighted by atomic mass is 10.1. The number of carbonyl (C=O) groups excluding carboxylic acids is 1. The number of hydrogen-bond acceptors (Lipinski definition) is 3. The number of benzene rings is 1. The number of rotatable bonds is 4. The first-order valence-electron chi connectivity index (χ1n) is 6.31. The number of hydrogen-bond donors (Lipinski definition) is 3. The molecule has 0 fully saturated rings. The summed E-state index contributed by atoms with van der Waals surface area (Å²) in [6.07, 6.45) is 3.30. The van der Waals surface area contributed by atoms with Crippen molar-refractivity contribution in [3.8, 4) is 0 Å². The van der Waals surface area contributed by atoms with Gasteiger partial charge in [-0.2, -0.15) is 0 Å². The molecule has 1 aromatic carbocycles. The van der Waals surface area contributed by atoms with Crippen molar-refractivity contribution < 1.29 is 14.3 Å². The number of fused-ring (bicyclic) bond motifs is 1. The fourth-order valence-electron chi connectivity index (χ4n) is 2.22. The topological polar surface area (TPSA) is 78.3 Å². The second kappa shape index (κ2) is 5.22. The van der Waals surface area contributed by atoms with Crippen molar-refractivity contribution in [2.75, 3.05) is 6.61 Å². The lowest BCUT2D eigenvalue weighted by molar-refractivity contribution is 0.0909. The molecule has 1 atom stereocenters. The number of aliphatic hydroxyl groups is 1. The van der Waals surface area contributed by atoms with Gasteiger partial charge >= 0.3 is 0 Å². The molecule has 1 unspecified atom stereocenters. The maximum Gasteiger partial charge on any atom is 0.252 e. The molecule has 2 heterocycles. The van der Waals surface area contributed by atoms with Crippen LogP contribution in [0.1, 0.15) is 22.2 Å². The summed E-state index contributed by atoms with van der Waals surface area (Å²) < 4.78 is 5.21. The summed E-state index contributed by atoms with van der Waals surface area (Å²) in [5.74, 6) is 0.285. The van der Waals surface area contributed by atoms with Crippen molar-refractivity contribution in [1.82, 2.24) is 10.3 Å². The van der Waals surface area contributed by atoms with E-state index in [0.29, 0.717) is 11.3 Å². The van der Waals surface area contributed by atoms with E-state index in [4.69, 9.17) is 4.42 Å². The van der Waals surface area contributed by atoms with E-state index in [-0.39, 0.29) is 12.5 Å². The first-order chi connectivity index (χ1) is 9.79. The first kappa shape index (κ1) is 12.5. The fraction of sp³-hybridized carbons (Fsp3) is 0.133. The molecule has 102 valence electrons. The van der Waals surface area contributed by atoms with E-state index in [1.54, 1.807) is 24.4 Å². The van der Waals surface area contributed by atoms with Gasteiger partial charge in [0.1, 0.15) is 11.8 Å². The Morgan fingerprint density at radius 2 is 2.20 bits per heavy atom. The Kier molecular flexibility index (Phi) is 3.26. The molecular weight excluding hydrogens is 256 g/mol. The van der Waals surface area contributed by atoms with E-state index in [9.17, 15) is 9.90 Å². The predicted molar refractivity (Wildman–Crippen MR) is 74.3 cm³/mol. The summed E-state index contributed by atoms with van der Waals surface area (Å²) in [5.41, 5.74) is 1.46. The average Bonchev–Trinajstić information content (AvgIpc) is 3.14. The Morgan fingerprint density at radius 1 is 1.30 bits per heavy atom. The highest BCUT2D eigenvalue weighted by molar-refractivity contribution is 6.06. The van der Waals surface area contributed by atoms with Crippen LogP contribution >= 0.6 is 0 Å². The minimum Gasteiger partial charge on any atom is -0.467 e. The maximum atomic E-state index is 12.3. The van der Waals surface area contributed by atoms with Gasteiger partial charge in [-0.15, -0.1) is 0 Å². The van der Waals surface area contributed by atoms with Crippen LogP contribution in [-0.2, 0) is 0 Å². The minimum absolute atomic E-state index is 0.220. The van der Waals surface area contributed by atoms with Gasteiger partial charge in [-0.05, 0) is 30.3 Å². The van der Waals surface area contributed by atoms with Crippen molar-refractivity contribution in [3.63, 3.8) is 0 Å². The zero-order chi connectivity index (χ0) is 13.9. The Morgan fingerprint density at radius 3 is 2.95 bits per heavy atom. The van der Waals surface area contributed by atoms with Gasteiger partial charge in [-0.25, -0.2) is 0 Å². The number of amides is 1. The molecule has 3 rings (SSSR count). The van der Waals surface area contributed by atoms with E-state index < -0.39 is 6.04 Å². The summed E-state index contributed by atoms with van der Waals surface area (Å²) in [7, 11) is 0. The van der Waals surface area contributed by atoms with Crippen molar-refractivity contribution in [3.05, 3.63) is 60.2 Å². The summed E-state index contributed by atoms with van der Waals surface area (Å²) in [5, 5.41) is 13.0. The molecule has 3 N–H and O–H groups in total. The number of aromatic amines is 1. The number of carbonyl (C=O) groups is 1. The van der Waals surface area contributed by atoms with Crippen molar-refractivity contribution >= 4 is 16.8 Å². The Balaban J connectivity index is 1.87. The van der Waals surface area contributed by atoms with E-state index in [1.165, 1.54) is 6.26 Å². The zero-order valence-electron chi connectivity index (χ0n) is 10.7. The largest absolute Gasteiger partial charge is 0.467 e. The molecule has 5 nitrogen and oxygen atoms in total. The molecule has 0 aliphatic heterocycles. The first-order valence-corrected chi connectivity index (χ1v) is 6.31. The van der Waals surface area contributed by atoms with Crippen LogP contribution in [0.4, 0.5) is 0 Å². The van der Waals surface area contributed by atoms with Crippen LogP contribution in [-0.4, -0.2) is 22.6 Å². The Labute approximate surface area is 115 Å². The van der Waals surface area contributed by atoms with Gasteiger partial charge in [0.2, 0.25) is 0 Å². The van der Waals surface area contributed by atoms with Crippen molar-refractivity contribution in [2.45, 2.75) is 6.04 Å². The molecule has 0 spiro atoms. The summed E-state index contributed by atoms with van der Waals surface area (Å²) >= 11 is 0. The van der Waals surface area contributed by atoms with Crippen LogP contribution in [0.5, 0.6) is 0 Å². The van der Waals surface area contributed by atoms with Crippen LogP contribution in [0.3, 0.4) is 0 Å². The van der Waals surface area contributed by atoms with Gasteiger partial charge in [0.25, 0.3) is 5.91 Å². The van der Waals surface area contributed by atoms with Gasteiger partial charge in [-0.3, -0.25) is 4.79 Å². The van der Waals surface area contributed by atoms with Crippen LogP contribution in [0.25, 0.3) is 10.9 Å². The van der Waals surface area contributed by atoms with Gasteiger partial charge in [0, 0.05) is 22.7 Å². The molecule has 0 radical (unpaired) electrons. The third kappa shape index (κ3) is 2.19. The lowest BCUT2D eigenvalue weighted by Gasteiger charge is -2.14. The molecule has 5 heteroatoms. The van der Waals surface area contributed by atoms with E-state index in [2.05, 4.69) is 10.3 Å². The predicted octanol–water partition coefficient (Wildman–Crippen LogP) is 2.22. The quantitative estimate of drug-likeness (QED) is 0.680. The van der Waals surface area contributed by atoms with E-state index in [0.717, 1.165) is 10.9 Å². The standard InChI is InChI=1S/C15H14N2O3/c18-9-13(14-5-2-8-20-14)17-15(19)11-3-1-4-12-10(11)6-7-16-12/h1-8,13,16,18H,9H2,(H,17,19). The lowest BCUT2D eigenvalue weighted by Crippen LogP contribution is -2.30. The molecule has 0 aliphatic carbocycles. The second-order valence-electron chi connectivity index (χ2n) is 4.47. The highest BCUT2D eigenvalue weighted by Crippen LogP contribution is 2.19. The molecule has 3 aromatic rings. The summed E-state index contributed by atoms with van der Waals surface area (Å²) in [6, 6.07) is 10.2. The summed E-state index contributed by atoms with van der Waals surface area (Å²) in [4.78, 5) is 15.4. The molecule has 20 heavy (non-hydrogen) atoms. The smallest absolute Gasteiger partial charge is 0.252 e. The minimum atomic E-state index is -0.549. The van der Waals surface area contributed by atoms with Crippen LogP contribution in [0.15, 0.2) is 53.3 Å². The number of aromatic nitrogens is 1.